The molecule has 0 unspecified atom stereocenters. The molecule has 0 fully saturated rings. The van der Waals surface area contributed by atoms with E-state index >= 15 is 0 Å². The lowest BCUT2D eigenvalue weighted by Crippen LogP contribution is -2.23. The first-order chi connectivity index (χ1) is 7.49. The maximum absolute atomic E-state index is 11.0. The van der Waals surface area contributed by atoms with Gasteiger partial charge in [0.2, 0.25) is 5.91 Å². The highest BCUT2D eigenvalue weighted by Crippen LogP contribution is 2.42. The zero-order valence-corrected chi connectivity index (χ0v) is 10.8. The Morgan fingerprint density at radius 2 is 2.19 bits per heavy atom. The normalized spacial score (nSPS) is 17.7. The molecule has 1 aromatic carbocycles. The highest BCUT2D eigenvalue weighted by Gasteiger charge is 2.27. The molecule has 2 rings (SSSR count). The highest BCUT2D eigenvalue weighted by atomic mass is 32.2. The first kappa shape index (κ1) is 11.5. The van der Waals surface area contributed by atoms with Gasteiger partial charge in [-0.2, -0.15) is 0 Å². The lowest BCUT2D eigenvalue weighted by molar-refractivity contribution is -0.114. The standard InChI is InChI=1S/C13H17NOS/c1-9(15)14-10-4-5-12-11(8-10)13(2,3)6-7-16-12/h4-5,8H,6-7H2,1-3H3,(H,14,15). The van der Waals surface area contributed by atoms with Gasteiger partial charge in [0, 0.05) is 17.5 Å². The Kier molecular flexibility index (Phi) is 2.98. The van der Waals surface area contributed by atoms with Crippen LogP contribution in [-0.2, 0) is 10.2 Å². The van der Waals surface area contributed by atoms with E-state index in [4.69, 9.17) is 0 Å². The number of hydrogen-bond acceptors (Lipinski definition) is 2. The molecule has 1 aliphatic rings. The Bertz CT molecular complexity index is 426. The SMILES string of the molecule is CC(=O)Nc1ccc2c(c1)C(C)(C)CCS2. The van der Waals surface area contributed by atoms with Gasteiger partial charge in [0.15, 0.2) is 0 Å². The number of amides is 1. The lowest BCUT2D eigenvalue weighted by atomic mass is 9.81. The summed E-state index contributed by atoms with van der Waals surface area (Å²) in [6.45, 7) is 6.07. The molecule has 3 heteroatoms. The van der Waals surface area contributed by atoms with Crippen LogP contribution < -0.4 is 5.32 Å². The Morgan fingerprint density at radius 3 is 2.88 bits per heavy atom. The zero-order chi connectivity index (χ0) is 11.8. The van der Waals surface area contributed by atoms with Crippen LogP contribution in [0.1, 0.15) is 32.8 Å². The van der Waals surface area contributed by atoms with Crippen LogP contribution in [0.2, 0.25) is 0 Å². The van der Waals surface area contributed by atoms with E-state index in [2.05, 4.69) is 31.3 Å². The van der Waals surface area contributed by atoms with Crippen LogP contribution in [0.25, 0.3) is 0 Å². The van der Waals surface area contributed by atoms with Crippen LogP contribution in [0.4, 0.5) is 5.69 Å². The van der Waals surface area contributed by atoms with Crippen LogP contribution in [0, 0.1) is 0 Å². The van der Waals surface area contributed by atoms with Gasteiger partial charge >= 0.3 is 0 Å². The number of carbonyl (C=O) groups is 1. The minimum absolute atomic E-state index is 0.0128. The van der Waals surface area contributed by atoms with Gasteiger partial charge in [-0.25, -0.2) is 0 Å². The number of nitrogens with one attached hydrogen (secondary N) is 1. The van der Waals surface area contributed by atoms with Crippen molar-refractivity contribution in [1.29, 1.82) is 0 Å². The first-order valence-electron chi connectivity index (χ1n) is 5.54. The fourth-order valence-electron chi connectivity index (χ4n) is 2.02. The molecule has 0 spiro atoms. The largest absolute Gasteiger partial charge is 0.326 e. The number of thioether (sulfide) groups is 1. The van der Waals surface area contributed by atoms with Crippen molar-refractivity contribution >= 4 is 23.4 Å². The van der Waals surface area contributed by atoms with E-state index in [0.717, 1.165) is 5.69 Å². The van der Waals surface area contributed by atoms with Crippen molar-refractivity contribution < 1.29 is 4.79 Å². The number of carbonyl (C=O) groups excluding carboxylic acids is 1. The topological polar surface area (TPSA) is 29.1 Å². The maximum Gasteiger partial charge on any atom is 0.221 e. The van der Waals surface area contributed by atoms with Gasteiger partial charge in [-0.3, -0.25) is 4.79 Å². The summed E-state index contributed by atoms with van der Waals surface area (Å²) in [6.07, 6.45) is 1.19. The molecule has 0 saturated carbocycles. The van der Waals surface area contributed by atoms with Crippen molar-refractivity contribution in [2.75, 3.05) is 11.1 Å². The summed E-state index contributed by atoms with van der Waals surface area (Å²) >= 11 is 1.91. The fourth-order valence-corrected chi connectivity index (χ4v) is 3.50. The van der Waals surface area contributed by atoms with Gasteiger partial charge in [0.25, 0.3) is 0 Å². The molecule has 2 nitrogen and oxygen atoms in total. The predicted octanol–water partition coefficient (Wildman–Crippen LogP) is 3.42. The van der Waals surface area contributed by atoms with E-state index in [0.29, 0.717) is 0 Å². The van der Waals surface area contributed by atoms with E-state index < -0.39 is 0 Å². The van der Waals surface area contributed by atoms with Gasteiger partial charge in [0.05, 0.1) is 0 Å². The van der Waals surface area contributed by atoms with Gasteiger partial charge in [-0.05, 0) is 41.4 Å². The molecule has 1 aromatic rings. The molecule has 0 saturated heterocycles. The molecule has 0 aromatic heterocycles. The highest BCUT2D eigenvalue weighted by molar-refractivity contribution is 7.99. The van der Waals surface area contributed by atoms with Crippen molar-refractivity contribution in [2.24, 2.45) is 0 Å². The monoisotopic (exact) mass is 235 g/mol. The van der Waals surface area contributed by atoms with Crippen LogP contribution in [0.15, 0.2) is 23.1 Å². The van der Waals surface area contributed by atoms with Crippen LogP contribution in [0.3, 0.4) is 0 Å². The smallest absolute Gasteiger partial charge is 0.221 e. The van der Waals surface area contributed by atoms with Crippen LogP contribution >= 0.6 is 11.8 Å². The summed E-state index contributed by atoms with van der Waals surface area (Å²) in [4.78, 5) is 12.4. The molecule has 86 valence electrons. The van der Waals surface area contributed by atoms with Crippen LogP contribution in [0.5, 0.6) is 0 Å². The zero-order valence-electron chi connectivity index (χ0n) is 9.96. The molecule has 1 amide bonds. The summed E-state index contributed by atoms with van der Waals surface area (Å²) in [5.74, 6) is 1.17. The van der Waals surface area contributed by atoms with Crippen molar-refractivity contribution in [3.05, 3.63) is 23.8 Å². The summed E-state index contributed by atoms with van der Waals surface area (Å²) in [5, 5.41) is 2.84. The molecule has 0 radical (unpaired) electrons. The van der Waals surface area contributed by atoms with Crippen molar-refractivity contribution in [1.82, 2.24) is 0 Å². The lowest BCUT2D eigenvalue weighted by Gasteiger charge is -2.32. The number of rotatable bonds is 1. The summed E-state index contributed by atoms with van der Waals surface area (Å²) in [5.41, 5.74) is 2.48. The summed E-state index contributed by atoms with van der Waals surface area (Å²) < 4.78 is 0. The molecule has 1 heterocycles. The summed E-state index contributed by atoms with van der Waals surface area (Å²) in [6, 6.07) is 6.21. The third kappa shape index (κ3) is 2.24. The number of hydrogen-bond donors (Lipinski definition) is 1. The van der Waals surface area contributed by atoms with E-state index in [1.165, 1.54) is 22.6 Å². The van der Waals surface area contributed by atoms with E-state index in [1.54, 1.807) is 6.92 Å². The Hall–Kier alpha value is -0.960. The molecular weight excluding hydrogens is 218 g/mol. The second kappa shape index (κ2) is 4.13. The average Bonchev–Trinajstić information content (AvgIpc) is 2.18. The number of fused-ring (bicyclic) bond motifs is 1. The summed E-state index contributed by atoms with van der Waals surface area (Å²) in [7, 11) is 0. The first-order valence-corrected chi connectivity index (χ1v) is 6.52. The molecular formula is C13H17NOS. The molecule has 0 atom stereocenters. The van der Waals surface area contributed by atoms with Crippen molar-refractivity contribution in [3.8, 4) is 0 Å². The predicted molar refractivity (Wildman–Crippen MR) is 69.1 cm³/mol. The van der Waals surface area contributed by atoms with Gasteiger partial charge in [-0.1, -0.05) is 13.8 Å². The van der Waals surface area contributed by atoms with E-state index in [-0.39, 0.29) is 11.3 Å². The minimum atomic E-state index is -0.0128. The van der Waals surface area contributed by atoms with Crippen molar-refractivity contribution in [2.45, 2.75) is 37.5 Å². The van der Waals surface area contributed by atoms with Gasteiger partial charge in [0.1, 0.15) is 0 Å². The third-order valence-corrected chi connectivity index (χ3v) is 4.09. The minimum Gasteiger partial charge on any atom is -0.326 e. The second-order valence-electron chi connectivity index (χ2n) is 4.87. The Balaban J connectivity index is 2.39. The maximum atomic E-state index is 11.0. The van der Waals surface area contributed by atoms with Crippen LogP contribution in [-0.4, -0.2) is 11.7 Å². The van der Waals surface area contributed by atoms with Crippen molar-refractivity contribution in [3.63, 3.8) is 0 Å². The quantitative estimate of drug-likeness (QED) is 0.808. The van der Waals surface area contributed by atoms with Gasteiger partial charge in [-0.15, -0.1) is 11.8 Å². The number of benzene rings is 1. The average molecular weight is 235 g/mol. The molecule has 16 heavy (non-hydrogen) atoms. The third-order valence-electron chi connectivity index (χ3n) is 3.01. The fraction of sp³-hybridized carbons (Fsp3) is 0.462. The number of anilines is 1. The molecule has 0 bridgehead atoms. The Labute approximate surface area is 101 Å². The molecule has 1 aliphatic heterocycles. The van der Waals surface area contributed by atoms with Gasteiger partial charge < -0.3 is 5.32 Å². The molecule has 0 aliphatic carbocycles. The van der Waals surface area contributed by atoms with E-state index in [1.807, 2.05) is 17.8 Å². The molecule has 1 N–H and O–H groups in total. The Morgan fingerprint density at radius 1 is 1.44 bits per heavy atom. The second-order valence-corrected chi connectivity index (χ2v) is 6.01. The van der Waals surface area contributed by atoms with E-state index in [9.17, 15) is 4.79 Å².